The topological polar surface area (TPSA) is 37.8 Å². The minimum absolute atomic E-state index is 0.251. The fourth-order valence-corrected chi connectivity index (χ4v) is 2.06. The highest BCUT2D eigenvalue weighted by molar-refractivity contribution is 5.65. The van der Waals surface area contributed by atoms with Gasteiger partial charge in [-0.1, -0.05) is 13.0 Å². The molecule has 0 atom stereocenters. The fraction of sp³-hybridized carbons (Fsp3) is 0.333. The molecule has 0 saturated heterocycles. The summed E-state index contributed by atoms with van der Waals surface area (Å²) in [7, 11) is 0. The maximum Gasteiger partial charge on any atom is 0.145 e. The zero-order chi connectivity index (χ0) is 13.8. The largest absolute Gasteiger partial charge is 0.369 e. The number of hydrogen-bond acceptors (Lipinski definition) is 3. The van der Waals surface area contributed by atoms with Crippen LogP contribution >= 0.6 is 0 Å². The molecule has 100 valence electrons. The standard InChI is InChI=1S/C15H18FN3/c1-4-5-18-14-9-17-8-13(19-14)15-11(3)6-10(2)7-12(15)16/h6-9H,4-5H2,1-3H3,(H,18,19). The zero-order valence-electron chi connectivity index (χ0n) is 11.5. The molecule has 0 radical (unpaired) electrons. The van der Waals surface area contributed by atoms with E-state index in [-0.39, 0.29) is 5.82 Å². The predicted octanol–water partition coefficient (Wildman–Crippen LogP) is 3.72. The Balaban J connectivity index is 2.42. The lowest BCUT2D eigenvalue weighted by molar-refractivity contribution is 0.628. The van der Waals surface area contributed by atoms with Crippen molar-refractivity contribution in [1.82, 2.24) is 9.97 Å². The summed E-state index contributed by atoms with van der Waals surface area (Å²) >= 11 is 0. The van der Waals surface area contributed by atoms with Crippen molar-refractivity contribution in [1.29, 1.82) is 0 Å². The van der Waals surface area contributed by atoms with Gasteiger partial charge in [-0.15, -0.1) is 0 Å². The summed E-state index contributed by atoms with van der Waals surface area (Å²) in [6, 6.07) is 3.47. The Hall–Kier alpha value is -1.97. The minimum Gasteiger partial charge on any atom is -0.369 e. The fourth-order valence-electron chi connectivity index (χ4n) is 2.06. The summed E-state index contributed by atoms with van der Waals surface area (Å²) in [5.74, 6) is 0.429. The molecule has 0 spiro atoms. The Morgan fingerprint density at radius 1 is 1.21 bits per heavy atom. The van der Waals surface area contributed by atoms with E-state index in [0.29, 0.717) is 17.1 Å². The third kappa shape index (κ3) is 3.08. The molecule has 0 unspecified atom stereocenters. The highest BCUT2D eigenvalue weighted by Gasteiger charge is 2.11. The van der Waals surface area contributed by atoms with Crippen molar-refractivity contribution < 1.29 is 4.39 Å². The van der Waals surface area contributed by atoms with Gasteiger partial charge in [-0.05, 0) is 37.5 Å². The summed E-state index contributed by atoms with van der Waals surface area (Å²) < 4.78 is 14.1. The molecule has 0 bridgehead atoms. The van der Waals surface area contributed by atoms with Crippen LogP contribution in [-0.2, 0) is 0 Å². The van der Waals surface area contributed by atoms with Crippen molar-refractivity contribution in [2.75, 3.05) is 11.9 Å². The van der Waals surface area contributed by atoms with Gasteiger partial charge < -0.3 is 5.32 Å². The Labute approximate surface area is 112 Å². The van der Waals surface area contributed by atoms with Gasteiger partial charge in [-0.3, -0.25) is 4.98 Å². The van der Waals surface area contributed by atoms with Crippen LogP contribution in [-0.4, -0.2) is 16.5 Å². The molecule has 0 saturated carbocycles. The normalized spacial score (nSPS) is 10.5. The third-order valence-corrected chi connectivity index (χ3v) is 2.88. The van der Waals surface area contributed by atoms with E-state index in [1.807, 2.05) is 19.9 Å². The van der Waals surface area contributed by atoms with E-state index in [2.05, 4.69) is 22.2 Å². The number of hydrogen-bond donors (Lipinski definition) is 1. The number of benzene rings is 1. The number of anilines is 1. The van der Waals surface area contributed by atoms with Crippen LogP contribution in [0.25, 0.3) is 11.3 Å². The molecule has 2 aromatic rings. The van der Waals surface area contributed by atoms with Crippen molar-refractivity contribution in [3.05, 3.63) is 41.5 Å². The van der Waals surface area contributed by atoms with Crippen LogP contribution in [0.5, 0.6) is 0 Å². The first-order chi connectivity index (χ1) is 9.11. The quantitative estimate of drug-likeness (QED) is 0.909. The Morgan fingerprint density at radius 3 is 2.68 bits per heavy atom. The van der Waals surface area contributed by atoms with Crippen LogP contribution in [0, 0.1) is 19.7 Å². The summed E-state index contributed by atoms with van der Waals surface area (Å²) in [4.78, 5) is 8.55. The highest BCUT2D eigenvalue weighted by atomic mass is 19.1. The van der Waals surface area contributed by atoms with E-state index in [9.17, 15) is 4.39 Å². The van der Waals surface area contributed by atoms with Gasteiger partial charge >= 0.3 is 0 Å². The number of halogens is 1. The molecule has 19 heavy (non-hydrogen) atoms. The van der Waals surface area contributed by atoms with Crippen molar-refractivity contribution in [3.63, 3.8) is 0 Å². The lowest BCUT2D eigenvalue weighted by atomic mass is 10.0. The number of nitrogens with one attached hydrogen (secondary N) is 1. The lowest BCUT2D eigenvalue weighted by Gasteiger charge is -2.10. The van der Waals surface area contributed by atoms with Crippen LogP contribution in [0.1, 0.15) is 24.5 Å². The van der Waals surface area contributed by atoms with Gasteiger partial charge in [-0.25, -0.2) is 9.37 Å². The van der Waals surface area contributed by atoms with E-state index in [1.165, 1.54) is 6.07 Å². The van der Waals surface area contributed by atoms with Crippen LogP contribution in [0.2, 0.25) is 0 Å². The maximum atomic E-state index is 14.1. The summed E-state index contributed by atoms with van der Waals surface area (Å²) in [6.45, 7) is 6.67. The number of aromatic nitrogens is 2. The molecule has 4 heteroatoms. The van der Waals surface area contributed by atoms with Crippen LogP contribution in [0.4, 0.5) is 10.2 Å². The monoisotopic (exact) mass is 259 g/mol. The SMILES string of the molecule is CCCNc1cncc(-c2c(C)cc(C)cc2F)n1. The zero-order valence-corrected chi connectivity index (χ0v) is 11.5. The smallest absolute Gasteiger partial charge is 0.145 e. The second-order valence-corrected chi connectivity index (χ2v) is 4.65. The van der Waals surface area contributed by atoms with Gasteiger partial charge in [0.25, 0.3) is 0 Å². The molecule has 1 aromatic heterocycles. The van der Waals surface area contributed by atoms with Crippen molar-refractivity contribution in [2.24, 2.45) is 0 Å². The van der Waals surface area contributed by atoms with E-state index < -0.39 is 0 Å². The second kappa shape index (κ2) is 5.78. The molecule has 0 aliphatic carbocycles. The highest BCUT2D eigenvalue weighted by Crippen LogP contribution is 2.26. The summed E-state index contributed by atoms with van der Waals surface area (Å²) in [5, 5.41) is 3.16. The van der Waals surface area contributed by atoms with Gasteiger partial charge in [0, 0.05) is 12.1 Å². The van der Waals surface area contributed by atoms with Gasteiger partial charge in [0.05, 0.1) is 18.1 Å². The molecule has 1 N–H and O–H groups in total. The van der Waals surface area contributed by atoms with Gasteiger partial charge in [0.15, 0.2) is 0 Å². The first-order valence-corrected chi connectivity index (χ1v) is 6.45. The molecular weight excluding hydrogens is 241 g/mol. The van der Waals surface area contributed by atoms with Crippen molar-refractivity contribution >= 4 is 5.82 Å². The summed E-state index contributed by atoms with van der Waals surface area (Å²) in [5.41, 5.74) is 2.88. The van der Waals surface area contributed by atoms with Crippen LogP contribution in [0.3, 0.4) is 0 Å². The first kappa shape index (κ1) is 13.5. The summed E-state index contributed by atoms with van der Waals surface area (Å²) in [6.07, 6.45) is 4.25. The second-order valence-electron chi connectivity index (χ2n) is 4.65. The van der Waals surface area contributed by atoms with E-state index >= 15 is 0 Å². The van der Waals surface area contributed by atoms with Gasteiger partial charge in [0.1, 0.15) is 11.6 Å². The molecular formula is C15H18FN3. The molecule has 0 fully saturated rings. The van der Waals surface area contributed by atoms with E-state index in [4.69, 9.17) is 0 Å². The van der Waals surface area contributed by atoms with Crippen LogP contribution < -0.4 is 5.32 Å². The molecule has 0 aliphatic rings. The first-order valence-electron chi connectivity index (χ1n) is 6.45. The van der Waals surface area contributed by atoms with Crippen molar-refractivity contribution in [2.45, 2.75) is 27.2 Å². The van der Waals surface area contributed by atoms with Crippen LogP contribution in [0.15, 0.2) is 24.5 Å². The molecule has 3 nitrogen and oxygen atoms in total. The van der Waals surface area contributed by atoms with E-state index in [0.717, 1.165) is 24.1 Å². The third-order valence-electron chi connectivity index (χ3n) is 2.88. The number of nitrogens with zero attached hydrogens (tertiary/aromatic N) is 2. The lowest BCUT2D eigenvalue weighted by Crippen LogP contribution is -2.03. The molecule has 0 amide bonds. The molecule has 2 rings (SSSR count). The van der Waals surface area contributed by atoms with E-state index in [1.54, 1.807) is 12.4 Å². The van der Waals surface area contributed by atoms with Crippen molar-refractivity contribution in [3.8, 4) is 11.3 Å². The number of rotatable bonds is 4. The Morgan fingerprint density at radius 2 is 2.00 bits per heavy atom. The predicted molar refractivity (Wildman–Crippen MR) is 75.7 cm³/mol. The minimum atomic E-state index is -0.251. The maximum absolute atomic E-state index is 14.1. The number of aryl methyl sites for hydroxylation is 2. The van der Waals surface area contributed by atoms with Gasteiger partial charge in [0.2, 0.25) is 0 Å². The van der Waals surface area contributed by atoms with Gasteiger partial charge in [-0.2, -0.15) is 0 Å². The average Bonchev–Trinajstić information content (AvgIpc) is 2.35. The average molecular weight is 259 g/mol. The molecule has 0 aliphatic heterocycles. The molecule has 1 heterocycles. The Kier molecular flexibility index (Phi) is 4.10. The molecule has 1 aromatic carbocycles. The Bertz CT molecular complexity index is 558.